The first-order valence-electron chi connectivity index (χ1n) is 13.8. The van der Waals surface area contributed by atoms with Crippen LogP contribution in [0.4, 0.5) is 16.1 Å². The van der Waals surface area contributed by atoms with Crippen molar-refractivity contribution in [2.45, 2.75) is 38.6 Å². The molecule has 2 N–H and O–H groups in total. The maximum absolute atomic E-state index is 14.1. The largest absolute Gasteiger partial charge is 0.439 e. The molecule has 1 saturated heterocycles. The molecular formula is C29H34FN7O. The highest BCUT2D eigenvalue weighted by Gasteiger charge is 2.41. The summed E-state index contributed by atoms with van der Waals surface area (Å²) in [6, 6.07) is 7.89. The summed E-state index contributed by atoms with van der Waals surface area (Å²) >= 11 is 0. The topological polar surface area (TPSA) is 86.1 Å². The molecule has 4 aromatic rings. The fraction of sp³-hybridized carbons (Fsp3) is 0.483. The molecule has 0 aromatic carbocycles. The van der Waals surface area contributed by atoms with Gasteiger partial charge in [0.15, 0.2) is 17.5 Å². The predicted molar refractivity (Wildman–Crippen MR) is 147 cm³/mol. The third-order valence-electron chi connectivity index (χ3n) is 9.07. The highest BCUT2D eigenvalue weighted by Crippen LogP contribution is 2.46. The number of piperazine rings is 1. The standard InChI is InChI=1S/C29H34FN7O/c1-17-18-3-5-19(6-4-18)27(17)34-25-14-23(24-7-8-26(38-24)37-11-9-36(2)10-12-37)33-29(35-25)22-16-32-28-21(22)13-20(30)15-31-28/h7-8,13-19,27H,3-6,9-12H2,1-2H3,(H,31,32)(H,33,34,35). The highest BCUT2D eigenvalue weighted by atomic mass is 19.1. The van der Waals surface area contributed by atoms with Crippen LogP contribution in [0.2, 0.25) is 0 Å². The van der Waals surface area contributed by atoms with E-state index in [0.717, 1.165) is 49.4 Å². The van der Waals surface area contributed by atoms with Gasteiger partial charge in [-0.05, 0) is 62.6 Å². The zero-order valence-corrected chi connectivity index (χ0v) is 22.0. The molecule has 2 bridgehead atoms. The smallest absolute Gasteiger partial charge is 0.196 e. The summed E-state index contributed by atoms with van der Waals surface area (Å²) in [6.45, 7) is 6.26. The minimum Gasteiger partial charge on any atom is -0.439 e. The Balaban J connectivity index is 1.27. The molecule has 9 heteroatoms. The van der Waals surface area contributed by atoms with E-state index in [0.29, 0.717) is 46.2 Å². The number of hydrogen-bond donors (Lipinski definition) is 2. The lowest BCUT2D eigenvalue weighted by atomic mass is 9.62. The molecule has 8 rings (SSSR count). The molecule has 2 unspecified atom stereocenters. The Kier molecular flexibility index (Phi) is 5.83. The maximum Gasteiger partial charge on any atom is 0.196 e. The molecule has 0 radical (unpaired) electrons. The number of aromatic nitrogens is 4. The number of pyridine rings is 1. The van der Waals surface area contributed by atoms with Gasteiger partial charge in [0.25, 0.3) is 0 Å². The van der Waals surface area contributed by atoms with E-state index in [1.807, 2.05) is 24.4 Å². The maximum atomic E-state index is 14.1. The molecule has 4 aliphatic rings. The van der Waals surface area contributed by atoms with Crippen LogP contribution in [-0.4, -0.2) is 64.1 Å². The van der Waals surface area contributed by atoms with Gasteiger partial charge in [-0.2, -0.15) is 0 Å². The number of rotatable bonds is 5. The van der Waals surface area contributed by atoms with Gasteiger partial charge >= 0.3 is 0 Å². The van der Waals surface area contributed by atoms with E-state index in [9.17, 15) is 4.39 Å². The lowest BCUT2D eigenvalue weighted by Crippen LogP contribution is -2.47. The predicted octanol–water partition coefficient (Wildman–Crippen LogP) is 5.41. The van der Waals surface area contributed by atoms with E-state index in [1.165, 1.54) is 37.9 Å². The van der Waals surface area contributed by atoms with Gasteiger partial charge in [-0.1, -0.05) is 6.92 Å². The molecule has 3 saturated carbocycles. The van der Waals surface area contributed by atoms with Gasteiger partial charge in [-0.15, -0.1) is 0 Å². The average molecular weight is 516 g/mol. The number of anilines is 2. The zero-order chi connectivity index (χ0) is 25.8. The summed E-state index contributed by atoms with van der Waals surface area (Å²) in [7, 11) is 2.15. The average Bonchev–Trinajstić information content (AvgIpc) is 3.59. The number of H-pyrrole nitrogens is 1. The number of aromatic amines is 1. The summed E-state index contributed by atoms with van der Waals surface area (Å²) in [6.07, 6.45) is 8.24. The van der Waals surface area contributed by atoms with Crippen molar-refractivity contribution in [3.8, 4) is 22.8 Å². The molecule has 0 spiro atoms. The third-order valence-corrected chi connectivity index (χ3v) is 9.07. The van der Waals surface area contributed by atoms with Crippen molar-refractivity contribution in [2.24, 2.45) is 17.8 Å². The molecule has 5 heterocycles. The number of fused-ring (bicyclic) bond motifs is 4. The molecule has 8 nitrogen and oxygen atoms in total. The van der Waals surface area contributed by atoms with Crippen molar-refractivity contribution >= 4 is 22.7 Å². The molecule has 4 fully saturated rings. The van der Waals surface area contributed by atoms with Gasteiger partial charge < -0.3 is 24.5 Å². The fourth-order valence-corrected chi connectivity index (χ4v) is 6.77. The fourth-order valence-electron chi connectivity index (χ4n) is 6.77. The Morgan fingerprint density at radius 3 is 2.61 bits per heavy atom. The number of nitrogens with zero attached hydrogens (tertiary/aromatic N) is 5. The van der Waals surface area contributed by atoms with Gasteiger partial charge in [0.1, 0.15) is 23.0 Å². The first-order chi connectivity index (χ1) is 18.5. The van der Waals surface area contributed by atoms with E-state index in [1.54, 1.807) is 0 Å². The number of hydrogen-bond acceptors (Lipinski definition) is 7. The summed E-state index contributed by atoms with van der Waals surface area (Å²) < 4.78 is 20.5. The number of likely N-dealkylation sites (N-methyl/N-ethyl adjacent to an activating group) is 1. The zero-order valence-electron chi connectivity index (χ0n) is 22.0. The van der Waals surface area contributed by atoms with Crippen LogP contribution in [-0.2, 0) is 0 Å². The van der Waals surface area contributed by atoms with Gasteiger partial charge in [0.2, 0.25) is 0 Å². The summed E-state index contributed by atoms with van der Waals surface area (Å²) in [4.78, 5) is 21.8. The summed E-state index contributed by atoms with van der Waals surface area (Å²) in [5.41, 5.74) is 2.05. The third kappa shape index (κ3) is 4.22. The Labute approximate surface area is 221 Å². The van der Waals surface area contributed by atoms with Crippen molar-refractivity contribution in [3.05, 3.63) is 42.5 Å². The summed E-state index contributed by atoms with van der Waals surface area (Å²) in [5, 5.41) is 4.46. The van der Waals surface area contributed by atoms with Crippen molar-refractivity contribution < 1.29 is 8.81 Å². The first kappa shape index (κ1) is 23.6. The monoisotopic (exact) mass is 515 g/mol. The molecule has 2 atom stereocenters. The van der Waals surface area contributed by atoms with E-state index in [4.69, 9.17) is 14.4 Å². The van der Waals surface area contributed by atoms with Crippen LogP contribution in [0.25, 0.3) is 33.9 Å². The second kappa shape index (κ2) is 9.38. The molecule has 3 aliphatic carbocycles. The summed E-state index contributed by atoms with van der Waals surface area (Å²) in [5.74, 6) is 4.52. The molecule has 1 aliphatic heterocycles. The van der Waals surface area contributed by atoms with Crippen LogP contribution in [0.5, 0.6) is 0 Å². The molecule has 198 valence electrons. The Bertz CT molecular complexity index is 1450. The van der Waals surface area contributed by atoms with Crippen LogP contribution in [0.3, 0.4) is 0 Å². The minimum atomic E-state index is -0.386. The minimum absolute atomic E-state index is 0.386. The number of nitrogens with one attached hydrogen (secondary N) is 2. The number of furan rings is 1. The first-order valence-corrected chi connectivity index (χ1v) is 13.8. The Morgan fingerprint density at radius 2 is 1.82 bits per heavy atom. The quantitative estimate of drug-likeness (QED) is 0.368. The van der Waals surface area contributed by atoms with E-state index in [-0.39, 0.29) is 5.82 Å². The highest BCUT2D eigenvalue weighted by molar-refractivity contribution is 5.92. The van der Waals surface area contributed by atoms with Crippen LogP contribution in [0, 0.1) is 23.6 Å². The van der Waals surface area contributed by atoms with Gasteiger partial charge in [-0.25, -0.2) is 19.3 Å². The van der Waals surface area contributed by atoms with E-state index >= 15 is 0 Å². The van der Waals surface area contributed by atoms with Crippen LogP contribution in [0.1, 0.15) is 32.6 Å². The normalized spacial score (nSPS) is 25.8. The lowest BCUT2D eigenvalue weighted by molar-refractivity contribution is 0.0928. The SMILES string of the molecule is CC1C2CCC(CC2)C1Nc1cc(-c2ccc(N3CCN(C)CC3)o2)nc(-c2c[nH]c3ncc(F)cc23)n1. The Hall–Kier alpha value is -3.46. The van der Waals surface area contributed by atoms with Crippen molar-refractivity contribution in [3.63, 3.8) is 0 Å². The van der Waals surface area contributed by atoms with Gasteiger partial charge in [-0.3, -0.25) is 0 Å². The van der Waals surface area contributed by atoms with E-state index in [2.05, 4.69) is 39.1 Å². The van der Waals surface area contributed by atoms with Gasteiger partial charge in [0.05, 0.1) is 6.20 Å². The van der Waals surface area contributed by atoms with Crippen LogP contribution < -0.4 is 10.2 Å². The molecule has 4 aromatic heterocycles. The second-order valence-electron chi connectivity index (χ2n) is 11.3. The Morgan fingerprint density at radius 1 is 1.03 bits per heavy atom. The molecule has 0 amide bonds. The van der Waals surface area contributed by atoms with Crippen molar-refractivity contribution in [2.75, 3.05) is 43.4 Å². The van der Waals surface area contributed by atoms with Gasteiger partial charge in [0, 0.05) is 61.5 Å². The van der Waals surface area contributed by atoms with Crippen LogP contribution >= 0.6 is 0 Å². The van der Waals surface area contributed by atoms with Crippen molar-refractivity contribution in [1.29, 1.82) is 0 Å². The second-order valence-corrected chi connectivity index (χ2v) is 11.3. The molecule has 38 heavy (non-hydrogen) atoms. The number of halogens is 1. The van der Waals surface area contributed by atoms with E-state index < -0.39 is 0 Å². The molecular weight excluding hydrogens is 481 g/mol. The lowest BCUT2D eigenvalue weighted by Gasteiger charge is -2.47. The van der Waals surface area contributed by atoms with Crippen molar-refractivity contribution in [1.82, 2.24) is 24.8 Å². The van der Waals surface area contributed by atoms with Crippen LogP contribution in [0.15, 0.2) is 41.1 Å².